The average Bonchev–Trinajstić information content (AvgIpc) is 3.44. The van der Waals surface area contributed by atoms with Crippen LogP contribution in [0.25, 0.3) is 0 Å². The van der Waals surface area contributed by atoms with E-state index in [1.807, 2.05) is 0 Å². The summed E-state index contributed by atoms with van der Waals surface area (Å²) in [6.07, 6.45) is 5.92. The van der Waals surface area contributed by atoms with E-state index < -0.39 is 20.7 Å². The van der Waals surface area contributed by atoms with Crippen molar-refractivity contribution in [3.8, 4) is 0 Å². The van der Waals surface area contributed by atoms with Crippen molar-refractivity contribution in [3.05, 3.63) is 34.5 Å². The molecule has 1 aliphatic heterocycles. The van der Waals surface area contributed by atoms with E-state index in [2.05, 4.69) is 25.7 Å². The molecule has 2 heterocycles. The summed E-state index contributed by atoms with van der Waals surface area (Å²) in [5, 5.41) is 12.2. The van der Waals surface area contributed by atoms with E-state index in [9.17, 15) is 12.8 Å². The smallest absolute Gasteiger partial charge is 0.266 e. The fourth-order valence-electron chi connectivity index (χ4n) is 4.21. The summed E-state index contributed by atoms with van der Waals surface area (Å²) < 4.78 is 41.5. The Labute approximate surface area is 184 Å². The number of rotatable bonds is 10. The summed E-state index contributed by atoms with van der Waals surface area (Å²) >= 11 is 7.31. The number of thiazole rings is 1. The Kier molecular flexibility index (Phi) is 6.78. The van der Waals surface area contributed by atoms with Crippen LogP contribution in [0.4, 0.5) is 15.2 Å². The number of unbranched alkanes of at least 4 members (excludes halogenated alkanes) is 1. The Balaban J connectivity index is 1.26. The lowest BCUT2D eigenvalue weighted by Gasteiger charge is -2.17. The average molecular weight is 474 g/mol. The fraction of sp³-hybridized carbons (Fsp3) is 0.526. The topological polar surface area (TPSA) is 95.2 Å². The number of anilines is 2. The lowest BCUT2D eigenvalue weighted by Crippen LogP contribution is -2.39. The second-order valence-electron chi connectivity index (χ2n) is 7.67. The van der Waals surface area contributed by atoms with Crippen molar-refractivity contribution in [2.45, 2.75) is 42.7 Å². The third-order valence-electron chi connectivity index (χ3n) is 5.70. The van der Waals surface area contributed by atoms with Gasteiger partial charge in [0.1, 0.15) is 10.7 Å². The molecule has 1 aliphatic carbocycles. The normalized spacial score (nSPS) is 23.1. The number of piperidine rings is 1. The zero-order chi connectivity index (χ0) is 21.1. The fourth-order valence-corrected chi connectivity index (χ4v) is 6.38. The summed E-state index contributed by atoms with van der Waals surface area (Å²) in [4.78, 5) is 3.35. The molecular formula is C19H25ClFN5O2S2. The molecule has 2 aliphatic rings. The predicted molar refractivity (Wildman–Crippen MR) is 118 cm³/mol. The molecule has 30 heavy (non-hydrogen) atoms. The van der Waals surface area contributed by atoms with Crippen LogP contribution in [0.3, 0.4) is 0 Å². The zero-order valence-electron chi connectivity index (χ0n) is 16.3. The molecule has 2 bridgehead atoms. The first-order valence-corrected chi connectivity index (χ1v) is 12.8. The molecule has 1 aromatic carbocycles. The molecule has 0 radical (unpaired) electrons. The molecule has 4 rings (SSSR count). The highest BCUT2D eigenvalue weighted by atomic mass is 35.5. The quantitative estimate of drug-likeness (QED) is 0.396. The number of fused-ring (bicyclic) bond motifs is 2. The number of aromatic nitrogens is 1. The second-order valence-corrected chi connectivity index (χ2v) is 10.6. The van der Waals surface area contributed by atoms with Crippen LogP contribution in [0.2, 0.25) is 5.02 Å². The van der Waals surface area contributed by atoms with E-state index in [0.717, 1.165) is 55.3 Å². The van der Waals surface area contributed by atoms with Crippen molar-refractivity contribution in [1.82, 2.24) is 15.6 Å². The van der Waals surface area contributed by atoms with Gasteiger partial charge in [0.2, 0.25) is 0 Å². The third kappa shape index (κ3) is 4.88. The van der Waals surface area contributed by atoms with Gasteiger partial charge in [-0.3, -0.25) is 4.72 Å². The third-order valence-corrected chi connectivity index (χ3v) is 8.18. The van der Waals surface area contributed by atoms with Gasteiger partial charge in [0.15, 0.2) is 5.13 Å². The van der Waals surface area contributed by atoms with Crippen molar-refractivity contribution in [1.29, 1.82) is 0 Å². The van der Waals surface area contributed by atoms with Gasteiger partial charge >= 0.3 is 0 Å². The number of sulfonamides is 1. The summed E-state index contributed by atoms with van der Waals surface area (Å²) in [5.41, 5.74) is 0.383. The zero-order valence-corrected chi connectivity index (χ0v) is 18.7. The first-order chi connectivity index (χ1) is 14.4. The molecule has 1 saturated heterocycles. The molecule has 0 amide bonds. The molecule has 1 saturated carbocycles. The highest BCUT2D eigenvalue weighted by Gasteiger charge is 2.40. The van der Waals surface area contributed by atoms with Crippen LogP contribution in [0, 0.1) is 11.7 Å². The number of hydrogen-bond donors (Lipinski definition) is 4. The molecule has 0 spiro atoms. The van der Waals surface area contributed by atoms with Gasteiger partial charge in [-0.15, -0.1) is 11.3 Å². The SMILES string of the molecule is O=S(=O)(Nc1nccs1)c1cc(Cl)c(NCCCCN[C@H]2[C@@H]3CC[C@H]2NC3)cc1F. The van der Waals surface area contributed by atoms with Gasteiger partial charge in [-0.1, -0.05) is 11.6 Å². The van der Waals surface area contributed by atoms with Crippen LogP contribution in [-0.2, 0) is 10.0 Å². The minimum absolute atomic E-state index is 0.155. The molecule has 7 nitrogen and oxygen atoms in total. The van der Waals surface area contributed by atoms with Crippen LogP contribution in [0.1, 0.15) is 25.7 Å². The van der Waals surface area contributed by atoms with Crippen LogP contribution < -0.4 is 20.7 Å². The van der Waals surface area contributed by atoms with Gasteiger partial charge in [-0.2, -0.15) is 0 Å². The Morgan fingerprint density at radius 1 is 1.27 bits per heavy atom. The molecule has 164 valence electrons. The Hall–Kier alpha value is -1.46. The Morgan fingerprint density at radius 2 is 2.10 bits per heavy atom. The van der Waals surface area contributed by atoms with Gasteiger partial charge in [0, 0.05) is 30.2 Å². The first kappa shape index (κ1) is 21.8. The Morgan fingerprint density at radius 3 is 2.77 bits per heavy atom. The van der Waals surface area contributed by atoms with Gasteiger partial charge in [0.05, 0.1) is 10.7 Å². The first-order valence-electron chi connectivity index (χ1n) is 10.1. The van der Waals surface area contributed by atoms with Crippen LogP contribution in [0.15, 0.2) is 28.6 Å². The van der Waals surface area contributed by atoms with E-state index >= 15 is 0 Å². The molecule has 4 N–H and O–H groups in total. The van der Waals surface area contributed by atoms with Gasteiger partial charge in [0.25, 0.3) is 10.0 Å². The van der Waals surface area contributed by atoms with Crippen LogP contribution in [-0.4, -0.2) is 45.1 Å². The summed E-state index contributed by atoms with van der Waals surface area (Å²) in [6, 6.07) is 3.46. The summed E-state index contributed by atoms with van der Waals surface area (Å²) in [5.74, 6) is -0.105. The van der Waals surface area contributed by atoms with Crippen LogP contribution >= 0.6 is 22.9 Å². The van der Waals surface area contributed by atoms with Crippen molar-refractivity contribution >= 4 is 43.8 Å². The van der Waals surface area contributed by atoms with Gasteiger partial charge in [-0.05, 0) is 56.8 Å². The van der Waals surface area contributed by atoms with Gasteiger partial charge < -0.3 is 16.0 Å². The lowest BCUT2D eigenvalue weighted by atomic mass is 10.1. The van der Waals surface area contributed by atoms with Crippen molar-refractivity contribution in [2.24, 2.45) is 5.92 Å². The molecule has 0 unspecified atom stereocenters. The van der Waals surface area contributed by atoms with E-state index in [0.29, 0.717) is 24.3 Å². The number of nitrogens with zero attached hydrogens (tertiary/aromatic N) is 1. The predicted octanol–water partition coefficient (Wildman–Crippen LogP) is 3.27. The minimum Gasteiger partial charge on any atom is -0.384 e. The number of hydrogen-bond acceptors (Lipinski definition) is 7. The maximum absolute atomic E-state index is 14.5. The van der Waals surface area contributed by atoms with Crippen molar-refractivity contribution in [3.63, 3.8) is 0 Å². The lowest BCUT2D eigenvalue weighted by molar-refractivity contribution is 0.447. The molecule has 2 aromatic rings. The summed E-state index contributed by atoms with van der Waals surface area (Å²) in [7, 11) is -4.10. The van der Waals surface area contributed by atoms with E-state index in [1.165, 1.54) is 19.0 Å². The minimum atomic E-state index is -4.10. The number of nitrogens with one attached hydrogen (secondary N) is 4. The maximum atomic E-state index is 14.5. The van der Waals surface area contributed by atoms with E-state index in [4.69, 9.17) is 11.6 Å². The maximum Gasteiger partial charge on any atom is 0.266 e. The molecule has 3 atom stereocenters. The van der Waals surface area contributed by atoms with E-state index in [-0.39, 0.29) is 10.2 Å². The monoisotopic (exact) mass is 473 g/mol. The van der Waals surface area contributed by atoms with Crippen molar-refractivity contribution in [2.75, 3.05) is 29.7 Å². The van der Waals surface area contributed by atoms with Crippen molar-refractivity contribution < 1.29 is 12.8 Å². The molecule has 1 aromatic heterocycles. The standard InChI is InChI=1S/C19H25ClFN5O2S2/c20-13-9-17(30(27,28)26-19-24-7-8-29-19)14(21)10-16(13)22-5-1-2-6-23-18-12-3-4-15(18)25-11-12/h7-10,12,15,18,22-23,25H,1-6,11H2,(H,24,26)/t12-,15-,18+/m1/s1. The second kappa shape index (κ2) is 9.35. The number of halogens is 2. The van der Waals surface area contributed by atoms with Gasteiger partial charge in [-0.25, -0.2) is 17.8 Å². The molecular weight excluding hydrogens is 449 g/mol. The molecule has 11 heteroatoms. The molecule has 2 fully saturated rings. The Bertz CT molecular complexity index is 954. The summed E-state index contributed by atoms with van der Waals surface area (Å²) in [6.45, 7) is 2.70. The van der Waals surface area contributed by atoms with Crippen LogP contribution in [0.5, 0.6) is 0 Å². The largest absolute Gasteiger partial charge is 0.384 e. The van der Waals surface area contributed by atoms with E-state index in [1.54, 1.807) is 5.38 Å². The highest BCUT2D eigenvalue weighted by molar-refractivity contribution is 7.93. The number of benzene rings is 1. The highest BCUT2D eigenvalue weighted by Crippen LogP contribution is 2.31.